The summed E-state index contributed by atoms with van der Waals surface area (Å²) in [7, 11) is 0. The van der Waals surface area contributed by atoms with Gasteiger partial charge in [0.2, 0.25) is 0 Å². The minimum Gasteiger partial charge on any atom is -0.422 e. The van der Waals surface area contributed by atoms with Crippen molar-refractivity contribution in [2.24, 2.45) is 0 Å². The van der Waals surface area contributed by atoms with Crippen LogP contribution < -0.4 is 10.5 Å². The normalized spacial score (nSPS) is 12.6. The van der Waals surface area contributed by atoms with Crippen molar-refractivity contribution in [3.63, 3.8) is 0 Å². The second-order valence-electron chi connectivity index (χ2n) is 6.76. The maximum absolute atomic E-state index is 12.8. The first kappa shape index (κ1) is 16.6. The Bertz CT molecular complexity index is 1070. The lowest BCUT2D eigenvalue weighted by Gasteiger charge is -2.21. The Morgan fingerprint density at radius 1 is 1.08 bits per heavy atom. The Hall–Kier alpha value is -2.81. The second-order valence-corrected chi connectivity index (χ2v) is 6.76. The van der Waals surface area contributed by atoms with Crippen LogP contribution in [0.15, 0.2) is 51.7 Å². The number of hydrogen-bond acceptors (Lipinski definition) is 3. The largest absolute Gasteiger partial charge is 0.422 e. The van der Waals surface area contributed by atoms with E-state index in [1.54, 1.807) is 0 Å². The highest BCUT2D eigenvalue weighted by Crippen LogP contribution is 2.31. The molecule has 0 amide bonds. The number of fused-ring (bicyclic) bond motifs is 2. The van der Waals surface area contributed by atoms with E-state index >= 15 is 0 Å². The first-order valence-corrected chi connectivity index (χ1v) is 9.24. The van der Waals surface area contributed by atoms with E-state index in [1.807, 2.05) is 19.1 Å². The van der Waals surface area contributed by atoms with Crippen molar-refractivity contribution in [3.8, 4) is 11.1 Å². The molecule has 3 aromatic rings. The molecule has 132 valence electrons. The van der Waals surface area contributed by atoms with E-state index < -0.39 is 0 Å². The molecule has 1 aliphatic rings. The van der Waals surface area contributed by atoms with Crippen molar-refractivity contribution in [3.05, 3.63) is 69.6 Å². The van der Waals surface area contributed by atoms with Crippen molar-refractivity contribution in [2.75, 3.05) is 18.0 Å². The number of hydrogen-bond donors (Lipinski definition) is 0. The van der Waals surface area contributed by atoms with Crippen LogP contribution in [0, 0.1) is 6.92 Å². The maximum Gasteiger partial charge on any atom is 0.344 e. The fraction of sp³-hybridized carbons (Fsp3) is 0.261. The van der Waals surface area contributed by atoms with Gasteiger partial charge in [-0.3, -0.25) is 0 Å². The molecule has 0 radical (unpaired) electrons. The summed E-state index contributed by atoms with van der Waals surface area (Å²) >= 11 is 0. The lowest BCUT2D eigenvalue weighted by molar-refractivity contribution is 0.562. The van der Waals surface area contributed by atoms with Crippen LogP contribution >= 0.6 is 0 Å². The molecule has 0 aliphatic heterocycles. The molecule has 0 saturated carbocycles. The summed E-state index contributed by atoms with van der Waals surface area (Å²) in [6, 6.07) is 12.4. The molecule has 4 rings (SSSR count). The highest BCUT2D eigenvalue weighted by molar-refractivity contribution is 5.89. The first-order chi connectivity index (χ1) is 12.6. The van der Waals surface area contributed by atoms with Crippen LogP contribution in [0.3, 0.4) is 0 Å². The maximum atomic E-state index is 12.8. The van der Waals surface area contributed by atoms with Gasteiger partial charge >= 0.3 is 5.63 Å². The summed E-state index contributed by atoms with van der Waals surface area (Å²) in [5, 5.41) is 0.992. The van der Waals surface area contributed by atoms with Crippen LogP contribution in [0.25, 0.3) is 28.2 Å². The van der Waals surface area contributed by atoms with Crippen molar-refractivity contribution in [1.29, 1.82) is 0 Å². The zero-order valence-electron chi connectivity index (χ0n) is 15.5. The predicted octanol–water partition coefficient (Wildman–Crippen LogP) is 5.18. The van der Waals surface area contributed by atoms with Crippen LogP contribution in [0.4, 0.5) is 5.69 Å². The molecule has 0 atom stereocenters. The van der Waals surface area contributed by atoms with Gasteiger partial charge in [0.1, 0.15) is 5.58 Å². The average Bonchev–Trinajstić information content (AvgIpc) is 3.10. The van der Waals surface area contributed by atoms with Gasteiger partial charge in [-0.1, -0.05) is 24.3 Å². The van der Waals surface area contributed by atoms with Gasteiger partial charge in [-0.05, 0) is 67.6 Å². The van der Waals surface area contributed by atoms with E-state index in [9.17, 15) is 4.79 Å². The van der Waals surface area contributed by atoms with Gasteiger partial charge in [0.15, 0.2) is 0 Å². The van der Waals surface area contributed by atoms with Crippen LogP contribution in [0.5, 0.6) is 0 Å². The zero-order valence-corrected chi connectivity index (χ0v) is 15.5. The minimum atomic E-state index is -0.270. The molecular weight excluding hydrogens is 322 g/mol. The molecule has 1 aliphatic carbocycles. The Balaban J connectivity index is 1.88. The number of allylic oxidation sites excluding steroid dienone is 1. The van der Waals surface area contributed by atoms with Gasteiger partial charge in [0.25, 0.3) is 0 Å². The van der Waals surface area contributed by atoms with E-state index in [1.165, 1.54) is 11.1 Å². The Morgan fingerprint density at radius 2 is 1.88 bits per heavy atom. The number of aryl methyl sites for hydroxylation is 1. The molecule has 3 nitrogen and oxygen atoms in total. The average molecular weight is 345 g/mol. The summed E-state index contributed by atoms with van der Waals surface area (Å²) in [5.41, 5.74) is 6.53. The molecule has 0 fully saturated rings. The highest BCUT2D eigenvalue weighted by atomic mass is 16.4. The molecule has 26 heavy (non-hydrogen) atoms. The molecule has 0 saturated heterocycles. The fourth-order valence-electron chi connectivity index (χ4n) is 3.87. The quantitative estimate of drug-likeness (QED) is 0.611. The number of rotatable bonds is 4. The van der Waals surface area contributed by atoms with Crippen molar-refractivity contribution in [1.82, 2.24) is 0 Å². The van der Waals surface area contributed by atoms with E-state index in [4.69, 9.17) is 4.42 Å². The fourth-order valence-corrected chi connectivity index (χ4v) is 3.87. The van der Waals surface area contributed by atoms with Gasteiger partial charge in [-0.15, -0.1) is 0 Å². The minimum absolute atomic E-state index is 0.270. The second kappa shape index (κ2) is 6.49. The monoisotopic (exact) mass is 345 g/mol. The number of anilines is 1. The summed E-state index contributed by atoms with van der Waals surface area (Å²) in [6.07, 6.45) is 5.24. The van der Waals surface area contributed by atoms with E-state index in [2.05, 4.69) is 55.2 Å². The van der Waals surface area contributed by atoms with E-state index in [0.717, 1.165) is 41.7 Å². The van der Waals surface area contributed by atoms with Gasteiger partial charge in [0, 0.05) is 30.2 Å². The topological polar surface area (TPSA) is 33.5 Å². The number of benzene rings is 2. The first-order valence-electron chi connectivity index (χ1n) is 9.24. The molecule has 0 unspecified atom stereocenters. The van der Waals surface area contributed by atoms with Crippen LogP contribution in [-0.2, 0) is 6.42 Å². The molecule has 1 aromatic heterocycles. The van der Waals surface area contributed by atoms with Crippen molar-refractivity contribution in [2.45, 2.75) is 27.2 Å². The Morgan fingerprint density at radius 3 is 2.65 bits per heavy atom. The summed E-state index contributed by atoms with van der Waals surface area (Å²) in [4.78, 5) is 15.0. The third-order valence-corrected chi connectivity index (χ3v) is 5.35. The lowest BCUT2D eigenvalue weighted by atomic mass is 9.96. The van der Waals surface area contributed by atoms with Crippen LogP contribution in [0.2, 0.25) is 0 Å². The Labute approximate surface area is 153 Å². The molecule has 0 bridgehead atoms. The van der Waals surface area contributed by atoms with Crippen molar-refractivity contribution < 1.29 is 4.42 Å². The SMILES string of the molecule is CCN(CC)c1ccc2c(C)c(-c3ccc4c(c3)C=CC4)c(=O)oc2c1. The highest BCUT2D eigenvalue weighted by Gasteiger charge is 2.16. The lowest BCUT2D eigenvalue weighted by Crippen LogP contribution is -2.21. The van der Waals surface area contributed by atoms with Gasteiger partial charge in [0.05, 0.1) is 5.56 Å². The third-order valence-electron chi connectivity index (χ3n) is 5.35. The molecule has 3 heteroatoms. The predicted molar refractivity (Wildman–Crippen MR) is 109 cm³/mol. The summed E-state index contributed by atoms with van der Waals surface area (Å²) < 4.78 is 5.73. The molecule has 2 aromatic carbocycles. The summed E-state index contributed by atoms with van der Waals surface area (Å²) in [5.74, 6) is 0. The van der Waals surface area contributed by atoms with Gasteiger partial charge in [-0.2, -0.15) is 0 Å². The number of nitrogens with zero attached hydrogens (tertiary/aromatic N) is 1. The zero-order chi connectivity index (χ0) is 18.3. The van der Waals surface area contributed by atoms with Crippen LogP contribution in [0.1, 0.15) is 30.5 Å². The van der Waals surface area contributed by atoms with Crippen LogP contribution in [-0.4, -0.2) is 13.1 Å². The van der Waals surface area contributed by atoms with Gasteiger partial charge < -0.3 is 9.32 Å². The Kier molecular flexibility index (Phi) is 4.15. The third kappa shape index (κ3) is 2.64. The smallest absolute Gasteiger partial charge is 0.344 e. The van der Waals surface area contributed by atoms with Gasteiger partial charge in [-0.25, -0.2) is 4.79 Å². The standard InChI is InChI=1S/C23H23NO2/c1-4-24(5-2)19-11-12-20-15(3)22(23(25)26-21(20)14-19)18-10-9-16-7-6-8-17(16)13-18/h6,8-14H,4-5,7H2,1-3H3. The molecular formula is C23H23NO2. The van der Waals surface area contributed by atoms with E-state index in [-0.39, 0.29) is 5.63 Å². The molecule has 1 heterocycles. The molecule has 0 spiro atoms. The van der Waals surface area contributed by atoms with Crippen molar-refractivity contribution >= 4 is 22.7 Å². The summed E-state index contributed by atoms with van der Waals surface area (Å²) in [6.45, 7) is 8.10. The van der Waals surface area contributed by atoms with E-state index in [0.29, 0.717) is 11.1 Å². The molecule has 0 N–H and O–H groups in total.